The molecule has 1 saturated heterocycles. The molecule has 1 aliphatic carbocycles. The van der Waals surface area contributed by atoms with Crippen molar-refractivity contribution in [3.05, 3.63) is 41.7 Å². The number of methoxy groups -OCH3 is 2. The van der Waals surface area contributed by atoms with Crippen LogP contribution in [0, 0.1) is 5.82 Å². The van der Waals surface area contributed by atoms with E-state index in [0.29, 0.717) is 41.4 Å². The maximum absolute atomic E-state index is 15.2. The Balaban J connectivity index is 1.73. The van der Waals surface area contributed by atoms with Crippen molar-refractivity contribution < 1.29 is 38.0 Å². The normalized spacial score (nSPS) is 17.6. The van der Waals surface area contributed by atoms with Crippen LogP contribution in [0.15, 0.2) is 30.3 Å². The lowest BCUT2D eigenvalue weighted by Gasteiger charge is -2.33. The Bertz CT molecular complexity index is 981. The standard InChI is InChI=1S/C24H27FO7/c1-28-18-12-20(22(25)21(13-18)29-2)19-6-5-17(11-15(19)14-31-16-3-4-16)32-24(23(26)27)7-9-30-10-8-24/h5-6,11-13,16H,3-4,7-10,14H2,1-2H3,(H,26,27). The Kier molecular flexibility index (Phi) is 6.53. The number of hydrogen-bond donors (Lipinski definition) is 1. The number of benzene rings is 2. The molecule has 2 aromatic rings. The molecule has 8 heteroatoms. The first kappa shape index (κ1) is 22.4. The van der Waals surface area contributed by atoms with Crippen LogP contribution in [0.5, 0.6) is 17.2 Å². The third-order valence-electron chi connectivity index (χ3n) is 5.84. The maximum Gasteiger partial charge on any atom is 0.348 e. The largest absolute Gasteiger partial charge is 0.497 e. The van der Waals surface area contributed by atoms with Crippen molar-refractivity contribution in [3.8, 4) is 28.4 Å². The van der Waals surface area contributed by atoms with Gasteiger partial charge in [0.25, 0.3) is 0 Å². The Labute approximate surface area is 186 Å². The number of carboxylic acid groups (broad SMARTS) is 1. The van der Waals surface area contributed by atoms with Gasteiger partial charge in [0, 0.05) is 24.5 Å². The summed E-state index contributed by atoms with van der Waals surface area (Å²) in [5, 5.41) is 9.81. The summed E-state index contributed by atoms with van der Waals surface area (Å²) in [6, 6.07) is 8.18. The van der Waals surface area contributed by atoms with Gasteiger partial charge in [0.2, 0.25) is 5.60 Å². The van der Waals surface area contributed by atoms with Gasteiger partial charge in [-0.05, 0) is 42.2 Å². The minimum atomic E-state index is -1.35. The molecule has 1 heterocycles. The van der Waals surface area contributed by atoms with E-state index < -0.39 is 17.4 Å². The summed E-state index contributed by atoms with van der Waals surface area (Å²) < 4.78 is 42.8. The summed E-state index contributed by atoms with van der Waals surface area (Å²) in [4.78, 5) is 12.0. The zero-order valence-corrected chi connectivity index (χ0v) is 18.2. The zero-order chi connectivity index (χ0) is 22.7. The van der Waals surface area contributed by atoms with Crippen molar-refractivity contribution in [2.45, 2.75) is 44.0 Å². The summed E-state index contributed by atoms with van der Waals surface area (Å²) in [7, 11) is 2.90. The van der Waals surface area contributed by atoms with Crippen LogP contribution in [0.25, 0.3) is 11.1 Å². The van der Waals surface area contributed by atoms with Gasteiger partial charge in [-0.2, -0.15) is 0 Å². The van der Waals surface area contributed by atoms with Crippen LogP contribution in [0.1, 0.15) is 31.2 Å². The number of ether oxygens (including phenoxy) is 5. The van der Waals surface area contributed by atoms with Crippen LogP contribution < -0.4 is 14.2 Å². The van der Waals surface area contributed by atoms with Gasteiger partial charge in [0.05, 0.1) is 40.1 Å². The molecule has 1 N–H and O–H groups in total. The first-order valence-corrected chi connectivity index (χ1v) is 10.6. The first-order chi connectivity index (χ1) is 15.5. The van der Waals surface area contributed by atoms with E-state index in [2.05, 4.69) is 0 Å². The summed E-state index contributed by atoms with van der Waals surface area (Å²) in [6.07, 6.45) is 2.68. The summed E-state index contributed by atoms with van der Waals surface area (Å²) >= 11 is 0. The fourth-order valence-corrected chi connectivity index (χ4v) is 3.78. The quantitative estimate of drug-likeness (QED) is 0.618. The van der Waals surface area contributed by atoms with Gasteiger partial charge >= 0.3 is 5.97 Å². The molecule has 4 rings (SSSR count). The average molecular weight is 446 g/mol. The molecule has 0 radical (unpaired) electrons. The van der Waals surface area contributed by atoms with Crippen molar-refractivity contribution in [2.75, 3.05) is 27.4 Å². The van der Waals surface area contributed by atoms with Gasteiger partial charge < -0.3 is 28.8 Å². The van der Waals surface area contributed by atoms with E-state index >= 15 is 4.39 Å². The highest BCUT2D eigenvalue weighted by atomic mass is 19.1. The number of rotatable bonds is 9. The second-order valence-corrected chi connectivity index (χ2v) is 8.03. The summed E-state index contributed by atoms with van der Waals surface area (Å²) in [5.74, 6) is -0.617. The van der Waals surface area contributed by atoms with E-state index in [9.17, 15) is 9.90 Å². The molecule has 0 aromatic heterocycles. The fourth-order valence-electron chi connectivity index (χ4n) is 3.78. The van der Waals surface area contributed by atoms with Crippen molar-refractivity contribution in [1.29, 1.82) is 0 Å². The van der Waals surface area contributed by atoms with Crippen LogP contribution >= 0.6 is 0 Å². The van der Waals surface area contributed by atoms with Gasteiger partial charge in [-0.3, -0.25) is 0 Å². The van der Waals surface area contributed by atoms with Gasteiger partial charge in [-0.25, -0.2) is 9.18 Å². The van der Waals surface area contributed by atoms with Crippen molar-refractivity contribution >= 4 is 5.97 Å². The van der Waals surface area contributed by atoms with Crippen molar-refractivity contribution in [3.63, 3.8) is 0 Å². The van der Waals surface area contributed by atoms with E-state index in [4.69, 9.17) is 23.7 Å². The molecule has 0 atom stereocenters. The molecule has 2 fully saturated rings. The lowest BCUT2D eigenvalue weighted by molar-refractivity contribution is -0.163. The van der Waals surface area contributed by atoms with Crippen LogP contribution in [0.2, 0.25) is 0 Å². The number of carboxylic acids is 1. The molecular formula is C24H27FO7. The lowest BCUT2D eigenvalue weighted by Crippen LogP contribution is -2.49. The van der Waals surface area contributed by atoms with Gasteiger partial charge in [0.15, 0.2) is 11.6 Å². The Morgan fingerprint density at radius 2 is 1.84 bits per heavy atom. The van der Waals surface area contributed by atoms with Crippen molar-refractivity contribution in [2.24, 2.45) is 0 Å². The molecule has 2 aliphatic rings. The molecule has 0 amide bonds. The minimum Gasteiger partial charge on any atom is -0.497 e. The van der Waals surface area contributed by atoms with Crippen LogP contribution in [-0.4, -0.2) is 50.2 Å². The van der Waals surface area contributed by atoms with Crippen LogP contribution in [-0.2, 0) is 20.9 Å². The van der Waals surface area contributed by atoms with Crippen LogP contribution in [0.3, 0.4) is 0 Å². The van der Waals surface area contributed by atoms with E-state index in [1.807, 2.05) is 0 Å². The highest BCUT2D eigenvalue weighted by molar-refractivity contribution is 5.78. The topological polar surface area (TPSA) is 83.5 Å². The monoisotopic (exact) mass is 446 g/mol. The lowest BCUT2D eigenvalue weighted by atomic mass is 9.93. The average Bonchev–Trinajstić information content (AvgIpc) is 3.63. The Hall–Kier alpha value is -2.84. The minimum absolute atomic E-state index is 0.0702. The summed E-state index contributed by atoms with van der Waals surface area (Å²) in [6.45, 7) is 0.882. The number of halogens is 1. The number of aliphatic carboxylic acids is 1. The molecule has 32 heavy (non-hydrogen) atoms. The predicted molar refractivity (Wildman–Crippen MR) is 114 cm³/mol. The van der Waals surface area contributed by atoms with E-state index in [1.165, 1.54) is 20.3 Å². The molecule has 7 nitrogen and oxygen atoms in total. The third-order valence-corrected chi connectivity index (χ3v) is 5.84. The zero-order valence-electron chi connectivity index (χ0n) is 18.2. The van der Waals surface area contributed by atoms with E-state index in [0.717, 1.165) is 12.8 Å². The van der Waals surface area contributed by atoms with Crippen molar-refractivity contribution in [1.82, 2.24) is 0 Å². The smallest absolute Gasteiger partial charge is 0.348 e. The van der Waals surface area contributed by atoms with Crippen LogP contribution in [0.4, 0.5) is 4.39 Å². The number of hydrogen-bond acceptors (Lipinski definition) is 6. The molecule has 2 aromatic carbocycles. The van der Waals surface area contributed by atoms with Gasteiger partial charge in [-0.15, -0.1) is 0 Å². The molecule has 0 unspecified atom stereocenters. The second-order valence-electron chi connectivity index (χ2n) is 8.03. The molecule has 0 bridgehead atoms. The van der Waals surface area contributed by atoms with E-state index in [1.54, 1.807) is 24.3 Å². The third kappa shape index (κ3) is 4.66. The summed E-state index contributed by atoms with van der Waals surface area (Å²) in [5.41, 5.74) is 0.250. The highest BCUT2D eigenvalue weighted by Crippen LogP contribution is 2.39. The molecule has 1 aliphatic heterocycles. The SMILES string of the molecule is COc1cc(OC)c(F)c(-c2ccc(OC3(C(=O)O)CCOCC3)cc2COC2CC2)c1. The van der Waals surface area contributed by atoms with Gasteiger partial charge in [0.1, 0.15) is 11.5 Å². The predicted octanol–water partition coefficient (Wildman–Crippen LogP) is 4.20. The molecule has 1 saturated carbocycles. The second kappa shape index (κ2) is 9.34. The number of carbonyl (C=O) groups is 1. The fraction of sp³-hybridized carbons (Fsp3) is 0.458. The maximum atomic E-state index is 15.2. The van der Waals surface area contributed by atoms with E-state index in [-0.39, 0.29) is 31.3 Å². The molecule has 0 spiro atoms. The molecule has 172 valence electrons. The Morgan fingerprint density at radius 3 is 2.47 bits per heavy atom. The Morgan fingerprint density at radius 1 is 1.09 bits per heavy atom. The first-order valence-electron chi connectivity index (χ1n) is 10.6. The van der Waals surface area contributed by atoms with Gasteiger partial charge in [-0.1, -0.05) is 6.07 Å². The molecular weight excluding hydrogens is 419 g/mol. The highest BCUT2D eigenvalue weighted by Gasteiger charge is 2.43.